The minimum atomic E-state index is 0.340. The van der Waals surface area contributed by atoms with Crippen molar-refractivity contribution in [2.75, 3.05) is 0 Å². The SMILES string of the molecule is N#Cc1nccc2c(Cl)cc(Cl)cc12. The van der Waals surface area contributed by atoms with E-state index in [1.165, 1.54) is 0 Å². The number of hydrogen-bond acceptors (Lipinski definition) is 2. The molecule has 0 saturated carbocycles. The standard InChI is InChI=1S/C10H4Cl2N2/c11-6-3-8-7(9(12)4-6)1-2-14-10(8)5-13/h1-4H. The van der Waals surface area contributed by atoms with Gasteiger partial charge in [0.25, 0.3) is 0 Å². The Morgan fingerprint density at radius 1 is 1.21 bits per heavy atom. The average molecular weight is 223 g/mol. The van der Waals surface area contributed by atoms with E-state index in [1.807, 2.05) is 6.07 Å². The molecule has 68 valence electrons. The predicted octanol–water partition coefficient (Wildman–Crippen LogP) is 3.41. The number of fused-ring (bicyclic) bond motifs is 1. The molecule has 0 fully saturated rings. The minimum Gasteiger partial charge on any atom is -0.245 e. The van der Waals surface area contributed by atoms with Crippen molar-refractivity contribution < 1.29 is 0 Å². The maximum Gasteiger partial charge on any atom is 0.148 e. The highest BCUT2D eigenvalue weighted by atomic mass is 35.5. The average Bonchev–Trinajstić information content (AvgIpc) is 2.17. The maximum atomic E-state index is 8.82. The highest BCUT2D eigenvalue weighted by molar-refractivity contribution is 6.38. The smallest absolute Gasteiger partial charge is 0.148 e. The number of nitriles is 1. The Morgan fingerprint density at radius 3 is 2.71 bits per heavy atom. The number of halogens is 2. The third-order valence-electron chi connectivity index (χ3n) is 1.90. The molecular formula is C10H4Cl2N2. The Kier molecular flexibility index (Phi) is 2.28. The van der Waals surface area contributed by atoms with E-state index in [0.717, 1.165) is 5.39 Å². The molecule has 1 aromatic carbocycles. The van der Waals surface area contributed by atoms with Crippen LogP contribution < -0.4 is 0 Å². The lowest BCUT2D eigenvalue weighted by atomic mass is 10.1. The first-order chi connectivity index (χ1) is 6.72. The lowest BCUT2D eigenvalue weighted by Crippen LogP contribution is -1.85. The molecule has 0 radical (unpaired) electrons. The summed E-state index contributed by atoms with van der Waals surface area (Å²) in [6, 6.07) is 7.09. The topological polar surface area (TPSA) is 36.7 Å². The summed E-state index contributed by atoms with van der Waals surface area (Å²) < 4.78 is 0. The van der Waals surface area contributed by atoms with Crippen LogP contribution in [0.4, 0.5) is 0 Å². The third-order valence-corrected chi connectivity index (χ3v) is 2.43. The number of pyridine rings is 1. The van der Waals surface area contributed by atoms with Crippen molar-refractivity contribution in [3.05, 3.63) is 40.1 Å². The Balaban J connectivity index is 2.95. The molecule has 0 spiro atoms. The molecule has 0 aliphatic rings. The van der Waals surface area contributed by atoms with Gasteiger partial charge in [0, 0.05) is 22.0 Å². The molecule has 1 aromatic heterocycles. The van der Waals surface area contributed by atoms with Gasteiger partial charge in [-0.05, 0) is 18.2 Å². The predicted molar refractivity (Wildman–Crippen MR) is 56.5 cm³/mol. The third kappa shape index (κ3) is 1.41. The second kappa shape index (κ2) is 3.45. The molecule has 0 saturated heterocycles. The second-order valence-electron chi connectivity index (χ2n) is 2.75. The van der Waals surface area contributed by atoms with Crippen molar-refractivity contribution in [2.24, 2.45) is 0 Å². The zero-order chi connectivity index (χ0) is 10.1. The van der Waals surface area contributed by atoms with Crippen molar-refractivity contribution in [3.63, 3.8) is 0 Å². The van der Waals surface area contributed by atoms with Gasteiger partial charge in [-0.25, -0.2) is 4.98 Å². The summed E-state index contributed by atoms with van der Waals surface area (Å²) in [4.78, 5) is 3.93. The molecule has 4 heteroatoms. The van der Waals surface area contributed by atoms with Gasteiger partial charge in [0.15, 0.2) is 0 Å². The fourth-order valence-electron chi connectivity index (χ4n) is 1.30. The van der Waals surface area contributed by atoms with Crippen molar-refractivity contribution >= 4 is 34.0 Å². The van der Waals surface area contributed by atoms with Gasteiger partial charge in [-0.15, -0.1) is 0 Å². The Bertz CT molecular complexity index is 544. The summed E-state index contributed by atoms with van der Waals surface area (Å²) in [5, 5.41) is 11.3. The van der Waals surface area contributed by atoms with Crippen LogP contribution in [-0.4, -0.2) is 4.98 Å². The van der Waals surface area contributed by atoms with Crippen molar-refractivity contribution in [3.8, 4) is 6.07 Å². The van der Waals surface area contributed by atoms with E-state index in [-0.39, 0.29) is 0 Å². The molecule has 2 nitrogen and oxygen atoms in total. The Hall–Kier alpha value is -1.30. The first kappa shape index (κ1) is 9.26. The molecule has 2 aromatic rings. The number of hydrogen-bond donors (Lipinski definition) is 0. The monoisotopic (exact) mass is 222 g/mol. The van der Waals surface area contributed by atoms with Gasteiger partial charge in [0.2, 0.25) is 0 Å². The first-order valence-corrected chi connectivity index (χ1v) is 4.62. The first-order valence-electron chi connectivity index (χ1n) is 3.86. The lowest BCUT2D eigenvalue weighted by molar-refractivity contribution is 1.30. The summed E-state index contributed by atoms with van der Waals surface area (Å²) in [5.41, 5.74) is 0.340. The zero-order valence-corrected chi connectivity index (χ0v) is 8.47. The van der Waals surface area contributed by atoms with E-state index < -0.39 is 0 Å². The lowest BCUT2D eigenvalue weighted by Gasteiger charge is -2.01. The zero-order valence-electron chi connectivity index (χ0n) is 6.96. The van der Waals surface area contributed by atoms with E-state index in [2.05, 4.69) is 4.98 Å². The molecule has 0 aliphatic carbocycles. The van der Waals surface area contributed by atoms with E-state index in [9.17, 15) is 0 Å². The Labute approximate surface area is 90.7 Å². The van der Waals surface area contributed by atoms with Crippen LogP contribution in [0, 0.1) is 11.3 Å². The number of nitrogens with zero attached hydrogens (tertiary/aromatic N) is 2. The summed E-state index contributed by atoms with van der Waals surface area (Å²) in [6.07, 6.45) is 1.56. The summed E-state index contributed by atoms with van der Waals surface area (Å²) in [5.74, 6) is 0. The van der Waals surface area contributed by atoms with Crippen molar-refractivity contribution in [1.29, 1.82) is 5.26 Å². The second-order valence-corrected chi connectivity index (χ2v) is 3.60. The maximum absolute atomic E-state index is 8.82. The van der Waals surface area contributed by atoms with Crippen LogP contribution in [0.2, 0.25) is 10.0 Å². The van der Waals surface area contributed by atoms with Gasteiger partial charge in [0.1, 0.15) is 11.8 Å². The molecule has 2 rings (SSSR count). The fourth-order valence-corrected chi connectivity index (χ4v) is 1.85. The molecule has 0 aliphatic heterocycles. The van der Waals surface area contributed by atoms with Gasteiger partial charge in [-0.2, -0.15) is 5.26 Å². The van der Waals surface area contributed by atoms with E-state index >= 15 is 0 Å². The quantitative estimate of drug-likeness (QED) is 0.686. The van der Waals surface area contributed by atoms with Gasteiger partial charge < -0.3 is 0 Å². The molecule has 0 N–H and O–H groups in total. The number of rotatable bonds is 0. The van der Waals surface area contributed by atoms with Crippen LogP contribution in [0.3, 0.4) is 0 Å². The van der Waals surface area contributed by atoms with E-state index in [0.29, 0.717) is 21.1 Å². The molecule has 14 heavy (non-hydrogen) atoms. The van der Waals surface area contributed by atoms with Gasteiger partial charge in [-0.3, -0.25) is 0 Å². The molecule has 1 heterocycles. The van der Waals surface area contributed by atoms with Crippen LogP contribution in [-0.2, 0) is 0 Å². The van der Waals surface area contributed by atoms with Crippen LogP contribution in [0.5, 0.6) is 0 Å². The highest BCUT2D eigenvalue weighted by Gasteiger charge is 2.05. The fraction of sp³-hybridized carbons (Fsp3) is 0. The van der Waals surface area contributed by atoms with Gasteiger partial charge in [0.05, 0.1) is 5.02 Å². The molecule has 0 bridgehead atoms. The Morgan fingerprint density at radius 2 is 2.00 bits per heavy atom. The number of benzene rings is 1. The highest BCUT2D eigenvalue weighted by Crippen LogP contribution is 2.28. The van der Waals surface area contributed by atoms with E-state index in [1.54, 1.807) is 24.4 Å². The van der Waals surface area contributed by atoms with Gasteiger partial charge >= 0.3 is 0 Å². The summed E-state index contributed by atoms with van der Waals surface area (Å²) >= 11 is 11.8. The van der Waals surface area contributed by atoms with E-state index in [4.69, 9.17) is 28.5 Å². The van der Waals surface area contributed by atoms with Crippen molar-refractivity contribution in [1.82, 2.24) is 4.98 Å². The summed E-state index contributed by atoms with van der Waals surface area (Å²) in [7, 11) is 0. The molecule has 0 amide bonds. The molecule has 0 unspecified atom stereocenters. The normalized spacial score (nSPS) is 10.1. The molecule has 0 atom stereocenters. The van der Waals surface area contributed by atoms with Crippen LogP contribution in [0.15, 0.2) is 24.4 Å². The number of aromatic nitrogens is 1. The van der Waals surface area contributed by atoms with Crippen molar-refractivity contribution in [2.45, 2.75) is 0 Å². The van der Waals surface area contributed by atoms with Gasteiger partial charge in [-0.1, -0.05) is 23.2 Å². The largest absolute Gasteiger partial charge is 0.245 e. The van der Waals surface area contributed by atoms with Crippen LogP contribution in [0.1, 0.15) is 5.69 Å². The summed E-state index contributed by atoms with van der Waals surface area (Å²) in [6.45, 7) is 0. The van der Waals surface area contributed by atoms with Crippen LogP contribution in [0.25, 0.3) is 10.8 Å². The van der Waals surface area contributed by atoms with Crippen LogP contribution >= 0.6 is 23.2 Å². The minimum absolute atomic E-state index is 0.340. The molecular weight excluding hydrogens is 219 g/mol.